The molecule has 0 saturated carbocycles. The maximum atomic E-state index is 13.5. The van der Waals surface area contributed by atoms with Gasteiger partial charge in [-0.3, -0.25) is 0 Å². The Morgan fingerprint density at radius 1 is 1.30 bits per heavy atom. The predicted octanol–water partition coefficient (Wildman–Crippen LogP) is 4.11. The molecule has 1 atom stereocenters. The zero-order chi connectivity index (χ0) is 14.7. The van der Waals surface area contributed by atoms with Crippen LogP contribution in [0.3, 0.4) is 0 Å². The van der Waals surface area contributed by atoms with Crippen LogP contribution in [0.5, 0.6) is 0 Å². The standard InChI is InChI=1S/C15H17ClFN3/c1-10(11-6-7-12(16)13(17)9-11)19-14-5-4-8-18-15(14)20(2)3/h4-10,19H,1-3H3. The third-order valence-corrected chi connectivity index (χ3v) is 3.33. The fraction of sp³-hybridized carbons (Fsp3) is 0.267. The summed E-state index contributed by atoms with van der Waals surface area (Å²) < 4.78 is 13.5. The highest BCUT2D eigenvalue weighted by molar-refractivity contribution is 6.30. The average Bonchev–Trinajstić information content (AvgIpc) is 2.42. The van der Waals surface area contributed by atoms with Crippen LogP contribution in [0.4, 0.5) is 15.9 Å². The van der Waals surface area contributed by atoms with Gasteiger partial charge in [-0.15, -0.1) is 0 Å². The van der Waals surface area contributed by atoms with Crippen LogP contribution < -0.4 is 10.2 Å². The number of hydrogen-bond donors (Lipinski definition) is 1. The lowest BCUT2D eigenvalue weighted by atomic mass is 10.1. The van der Waals surface area contributed by atoms with Crippen LogP contribution in [0.1, 0.15) is 18.5 Å². The van der Waals surface area contributed by atoms with E-state index in [-0.39, 0.29) is 11.1 Å². The predicted molar refractivity (Wildman–Crippen MR) is 82.0 cm³/mol. The van der Waals surface area contributed by atoms with E-state index in [1.54, 1.807) is 12.3 Å². The molecule has 1 unspecified atom stereocenters. The largest absolute Gasteiger partial charge is 0.376 e. The minimum atomic E-state index is -0.406. The number of nitrogens with zero attached hydrogens (tertiary/aromatic N) is 2. The molecule has 0 aliphatic rings. The molecule has 0 radical (unpaired) electrons. The third-order valence-electron chi connectivity index (χ3n) is 3.03. The second-order valence-corrected chi connectivity index (χ2v) is 5.22. The fourth-order valence-electron chi connectivity index (χ4n) is 1.96. The number of pyridine rings is 1. The van der Waals surface area contributed by atoms with E-state index in [0.29, 0.717) is 0 Å². The van der Waals surface area contributed by atoms with Crippen LogP contribution in [0.2, 0.25) is 5.02 Å². The van der Waals surface area contributed by atoms with Crippen LogP contribution >= 0.6 is 11.6 Å². The van der Waals surface area contributed by atoms with Crippen molar-refractivity contribution in [2.45, 2.75) is 13.0 Å². The summed E-state index contributed by atoms with van der Waals surface area (Å²) >= 11 is 5.70. The molecule has 0 spiro atoms. The highest BCUT2D eigenvalue weighted by Crippen LogP contribution is 2.27. The second kappa shape index (κ2) is 6.09. The summed E-state index contributed by atoms with van der Waals surface area (Å²) in [6, 6.07) is 8.60. The molecule has 5 heteroatoms. The van der Waals surface area contributed by atoms with E-state index in [2.05, 4.69) is 10.3 Å². The first-order chi connectivity index (χ1) is 9.49. The summed E-state index contributed by atoms with van der Waals surface area (Å²) in [7, 11) is 3.86. The molecule has 0 amide bonds. The summed E-state index contributed by atoms with van der Waals surface area (Å²) in [6.07, 6.45) is 1.74. The number of aromatic nitrogens is 1. The van der Waals surface area contributed by atoms with Gasteiger partial charge >= 0.3 is 0 Å². The lowest BCUT2D eigenvalue weighted by Crippen LogP contribution is -2.15. The summed E-state index contributed by atoms with van der Waals surface area (Å²) in [5.74, 6) is 0.436. The molecule has 2 aromatic rings. The summed E-state index contributed by atoms with van der Waals surface area (Å²) in [6.45, 7) is 1.97. The molecule has 0 bridgehead atoms. The van der Waals surface area contributed by atoms with E-state index in [9.17, 15) is 4.39 Å². The lowest BCUT2D eigenvalue weighted by Gasteiger charge is -2.21. The Morgan fingerprint density at radius 3 is 2.70 bits per heavy atom. The van der Waals surface area contributed by atoms with Gasteiger partial charge in [0.05, 0.1) is 10.7 Å². The first kappa shape index (κ1) is 14.6. The molecule has 1 aromatic carbocycles. The van der Waals surface area contributed by atoms with Crippen molar-refractivity contribution in [3.8, 4) is 0 Å². The molecule has 0 fully saturated rings. The molecule has 1 aromatic heterocycles. The third kappa shape index (κ3) is 3.20. The molecule has 0 saturated heterocycles. The van der Waals surface area contributed by atoms with E-state index in [1.165, 1.54) is 6.07 Å². The fourth-order valence-corrected chi connectivity index (χ4v) is 2.08. The van der Waals surface area contributed by atoms with Crippen molar-refractivity contribution in [2.75, 3.05) is 24.3 Å². The topological polar surface area (TPSA) is 28.2 Å². The van der Waals surface area contributed by atoms with Gasteiger partial charge in [-0.1, -0.05) is 17.7 Å². The molecule has 3 nitrogen and oxygen atoms in total. The Hall–Kier alpha value is -1.81. The van der Waals surface area contributed by atoms with Gasteiger partial charge in [0.2, 0.25) is 0 Å². The summed E-state index contributed by atoms with van der Waals surface area (Å²) in [5.41, 5.74) is 1.74. The molecule has 0 aliphatic heterocycles. The minimum absolute atomic E-state index is 0.0512. The second-order valence-electron chi connectivity index (χ2n) is 4.81. The molecule has 1 heterocycles. The van der Waals surface area contributed by atoms with Crippen molar-refractivity contribution >= 4 is 23.1 Å². The van der Waals surface area contributed by atoms with E-state index >= 15 is 0 Å². The number of rotatable bonds is 4. The maximum Gasteiger partial charge on any atom is 0.151 e. The average molecular weight is 294 g/mol. The normalized spacial score (nSPS) is 12.1. The van der Waals surface area contributed by atoms with E-state index in [0.717, 1.165) is 17.1 Å². The number of hydrogen-bond acceptors (Lipinski definition) is 3. The van der Waals surface area contributed by atoms with Gasteiger partial charge in [0.25, 0.3) is 0 Å². The van der Waals surface area contributed by atoms with E-state index in [1.807, 2.05) is 44.1 Å². The zero-order valence-corrected chi connectivity index (χ0v) is 12.4. The monoisotopic (exact) mass is 293 g/mol. The van der Waals surface area contributed by atoms with Gasteiger partial charge in [-0.05, 0) is 36.8 Å². The Kier molecular flexibility index (Phi) is 4.45. The van der Waals surface area contributed by atoms with Crippen molar-refractivity contribution in [1.29, 1.82) is 0 Å². The quantitative estimate of drug-likeness (QED) is 0.919. The molecular weight excluding hydrogens is 277 g/mol. The van der Waals surface area contributed by atoms with Crippen LogP contribution in [0, 0.1) is 5.82 Å². The van der Waals surface area contributed by atoms with Crippen LogP contribution in [0.25, 0.3) is 0 Å². The highest BCUT2D eigenvalue weighted by atomic mass is 35.5. The number of nitrogens with one attached hydrogen (secondary N) is 1. The molecular formula is C15H17ClFN3. The van der Waals surface area contributed by atoms with Crippen LogP contribution in [-0.4, -0.2) is 19.1 Å². The SMILES string of the molecule is CC(Nc1cccnc1N(C)C)c1ccc(Cl)c(F)c1. The first-order valence-corrected chi connectivity index (χ1v) is 6.70. The van der Waals surface area contributed by atoms with Crippen LogP contribution in [0.15, 0.2) is 36.5 Å². The number of anilines is 2. The van der Waals surface area contributed by atoms with Crippen molar-refractivity contribution in [3.05, 3.63) is 52.9 Å². The Bertz CT molecular complexity index is 601. The maximum absolute atomic E-state index is 13.5. The van der Waals surface area contributed by atoms with E-state index < -0.39 is 5.82 Å². The Morgan fingerprint density at radius 2 is 2.05 bits per heavy atom. The smallest absolute Gasteiger partial charge is 0.151 e. The Labute approximate surface area is 123 Å². The molecule has 0 aliphatic carbocycles. The molecule has 106 valence electrons. The van der Waals surface area contributed by atoms with Gasteiger partial charge < -0.3 is 10.2 Å². The molecule has 1 N–H and O–H groups in total. The van der Waals surface area contributed by atoms with Gasteiger partial charge in [-0.2, -0.15) is 0 Å². The van der Waals surface area contributed by atoms with Gasteiger partial charge in [0.15, 0.2) is 5.82 Å². The highest BCUT2D eigenvalue weighted by Gasteiger charge is 2.11. The van der Waals surface area contributed by atoms with Gasteiger partial charge in [0, 0.05) is 26.3 Å². The van der Waals surface area contributed by atoms with Crippen molar-refractivity contribution < 1.29 is 4.39 Å². The Balaban J connectivity index is 2.23. The van der Waals surface area contributed by atoms with Crippen molar-refractivity contribution in [2.24, 2.45) is 0 Å². The van der Waals surface area contributed by atoms with Gasteiger partial charge in [0.1, 0.15) is 5.82 Å². The number of benzene rings is 1. The van der Waals surface area contributed by atoms with Crippen molar-refractivity contribution in [3.63, 3.8) is 0 Å². The van der Waals surface area contributed by atoms with Gasteiger partial charge in [-0.25, -0.2) is 9.37 Å². The first-order valence-electron chi connectivity index (χ1n) is 6.33. The summed E-state index contributed by atoms with van der Waals surface area (Å²) in [4.78, 5) is 6.25. The lowest BCUT2D eigenvalue weighted by molar-refractivity contribution is 0.624. The summed E-state index contributed by atoms with van der Waals surface area (Å²) in [5, 5.41) is 3.48. The molecule has 20 heavy (non-hydrogen) atoms. The van der Waals surface area contributed by atoms with E-state index in [4.69, 9.17) is 11.6 Å². The minimum Gasteiger partial charge on any atom is -0.376 e. The van der Waals surface area contributed by atoms with Crippen molar-refractivity contribution in [1.82, 2.24) is 4.98 Å². The van der Waals surface area contributed by atoms with Crippen LogP contribution in [-0.2, 0) is 0 Å². The molecule has 2 rings (SSSR count). The number of halogens is 2. The zero-order valence-electron chi connectivity index (χ0n) is 11.7.